The summed E-state index contributed by atoms with van der Waals surface area (Å²) in [5.74, 6) is -0.873. The maximum absolute atomic E-state index is 12.4. The number of carboxylic acid groups (broad SMARTS) is 1. The summed E-state index contributed by atoms with van der Waals surface area (Å²) in [6, 6.07) is 7.88. The van der Waals surface area contributed by atoms with E-state index in [9.17, 15) is 15.2 Å². The molecule has 0 bridgehead atoms. The normalized spacial score (nSPS) is 20.5. The SMILES string of the molecule is CO[C@@H]1CCCN(c2ccc(C#N)cc2-c2sc3c(c2C(=O)O)CC(C)(C)CC3)C1. The topological polar surface area (TPSA) is 73.6 Å². The summed E-state index contributed by atoms with van der Waals surface area (Å²) in [6.45, 7) is 6.09. The minimum absolute atomic E-state index is 0.103. The highest BCUT2D eigenvalue weighted by atomic mass is 32.1. The molecule has 30 heavy (non-hydrogen) atoms. The van der Waals surface area contributed by atoms with Gasteiger partial charge in [-0.15, -0.1) is 11.3 Å². The summed E-state index contributed by atoms with van der Waals surface area (Å²) >= 11 is 1.60. The maximum atomic E-state index is 12.4. The second-order valence-corrected chi connectivity index (χ2v) is 10.2. The largest absolute Gasteiger partial charge is 0.478 e. The summed E-state index contributed by atoms with van der Waals surface area (Å²) in [6.07, 6.45) is 4.98. The van der Waals surface area contributed by atoms with Crippen LogP contribution >= 0.6 is 11.3 Å². The number of benzene rings is 1. The van der Waals surface area contributed by atoms with Crippen molar-refractivity contribution < 1.29 is 14.6 Å². The number of thiophene rings is 1. The summed E-state index contributed by atoms with van der Waals surface area (Å²) in [4.78, 5) is 16.6. The van der Waals surface area contributed by atoms with Gasteiger partial charge in [-0.3, -0.25) is 0 Å². The van der Waals surface area contributed by atoms with Crippen molar-refractivity contribution in [3.05, 3.63) is 39.8 Å². The molecule has 1 aliphatic heterocycles. The number of aromatic carboxylic acids is 1. The monoisotopic (exact) mass is 424 g/mol. The maximum Gasteiger partial charge on any atom is 0.337 e. The smallest absolute Gasteiger partial charge is 0.337 e. The van der Waals surface area contributed by atoms with E-state index < -0.39 is 5.97 Å². The van der Waals surface area contributed by atoms with Crippen LogP contribution in [0.15, 0.2) is 18.2 Å². The number of ether oxygens (including phenoxy) is 1. The lowest BCUT2D eigenvalue weighted by atomic mass is 9.76. The molecular formula is C24H28N2O3S. The highest BCUT2D eigenvalue weighted by Crippen LogP contribution is 2.47. The van der Waals surface area contributed by atoms with E-state index in [1.165, 1.54) is 4.88 Å². The second kappa shape index (κ2) is 8.05. The van der Waals surface area contributed by atoms with Crippen molar-refractivity contribution >= 4 is 23.0 Å². The molecule has 4 rings (SSSR count). The van der Waals surface area contributed by atoms with Crippen LogP contribution in [0.3, 0.4) is 0 Å². The lowest BCUT2D eigenvalue weighted by molar-refractivity contribution is 0.0696. The van der Waals surface area contributed by atoms with Crippen molar-refractivity contribution in [1.82, 2.24) is 0 Å². The van der Waals surface area contributed by atoms with Gasteiger partial charge in [-0.25, -0.2) is 4.79 Å². The molecule has 0 saturated carbocycles. The first-order valence-electron chi connectivity index (χ1n) is 10.5. The van der Waals surface area contributed by atoms with E-state index in [-0.39, 0.29) is 11.5 Å². The Morgan fingerprint density at radius 1 is 1.40 bits per heavy atom. The van der Waals surface area contributed by atoms with E-state index in [1.807, 2.05) is 18.2 Å². The van der Waals surface area contributed by atoms with Crippen LogP contribution in [0.1, 0.15) is 59.5 Å². The zero-order chi connectivity index (χ0) is 21.5. The third-order valence-electron chi connectivity index (χ3n) is 6.41. The molecule has 0 unspecified atom stereocenters. The van der Waals surface area contributed by atoms with Crippen molar-refractivity contribution in [3.63, 3.8) is 0 Å². The zero-order valence-electron chi connectivity index (χ0n) is 17.8. The lowest BCUT2D eigenvalue weighted by Gasteiger charge is -2.35. The minimum atomic E-state index is -0.873. The molecule has 1 aromatic heterocycles. The van der Waals surface area contributed by atoms with Crippen LogP contribution in [0.25, 0.3) is 10.4 Å². The fourth-order valence-corrected chi connectivity index (χ4v) is 6.08. The number of carbonyl (C=O) groups is 1. The molecule has 6 heteroatoms. The highest BCUT2D eigenvalue weighted by Gasteiger charge is 2.34. The van der Waals surface area contributed by atoms with E-state index in [0.29, 0.717) is 11.1 Å². The molecule has 1 saturated heterocycles. The molecule has 1 fully saturated rings. The predicted molar refractivity (Wildman–Crippen MR) is 119 cm³/mol. The van der Waals surface area contributed by atoms with Gasteiger partial charge < -0.3 is 14.7 Å². The Hall–Kier alpha value is -2.36. The number of aryl methyl sites for hydroxylation is 1. The minimum Gasteiger partial charge on any atom is -0.478 e. The Morgan fingerprint density at radius 2 is 2.20 bits per heavy atom. The van der Waals surface area contributed by atoms with Gasteiger partial charge >= 0.3 is 5.97 Å². The van der Waals surface area contributed by atoms with Gasteiger partial charge in [0.1, 0.15) is 0 Å². The standard InChI is InChI=1S/C24H28N2O3S/c1-24(2)9-8-20-18(12-24)21(23(27)28)22(30-20)17-11-15(13-25)6-7-19(17)26-10-4-5-16(14-26)29-3/h6-7,11,16H,4-5,8-10,12,14H2,1-3H3,(H,27,28)/t16-/m1/s1. The van der Waals surface area contributed by atoms with Crippen LogP contribution in [0.2, 0.25) is 0 Å². The first-order valence-corrected chi connectivity index (χ1v) is 11.3. The molecule has 0 radical (unpaired) electrons. The van der Waals surface area contributed by atoms with Gasteiger partial charge in [0.15, 0.2) is 0 Å². The number of carboxylic acids is 1. The number of hydrogen-bond donors (Lipinski definition) is 1. The summed E-state index contributed by atoms with van der Waals surface area (Å²) in [5.41, 5.74) is 3.93. The summed E-state index contributed by atoms with van der Waals surface area (Å²) < 4.78 is 5.60. The number of piperidine rings is 1. The van der Waals surface area contributed by atoms with Gasteiger partial charge in [0, 0.05) is 36.3 Å². The molecule has 0 amide bonds. The van der Waals surface area contributed by atoms with Crippen molar-refractivity contribution in [2.75, 3.05) is 25.1 Å². The molecule has 5 nitrogen and oxygen atoms in total. The van der Waals surface area contributed by atoms with Gasteiger partial charge in [-0.1, -0.05) is 13.8 Å². The number of anilines is 1. The van der Waals surface area contributed by atoms with E-state index in [1.54, 1.807) is 18.4 Å². The lowest BCUT2D eigenvalue weighted by Crippen LogP contribution is -2.39. The first-order chi connectivity index (χ1) is 14.3. The van der Waals surface area contributed by atoms with Crippen molar-refractivity contribution in [3.8, 4) is 16.5 Å². The van der Waals surface area contributed by atoms with Crippen LogP contribution in [0.4, 0.5) is 5.69 Å². The number of rotatable bonds is 4. The summed E-state index contributed by atoms with van der Waals surface area (Å²) in [7, 11) is 1.74. The van der Waals surface area contributed by atoms with Crippen LogP contribution in [-0.2, 0) is 17.6 Å². The molecule has 2 aliphatic rings. The van der Waals surface area contributed by atoms with E-state index in [2.05, 4.69) is 24.8 Å². The molecule has 2 aromatic rings. The second-order valence-electron chi connectivity index (χ2n) is 9.14. The van der Waals surface area contributed by atoms with Crippen LogP contribution < -0.4 is 4.90 Å². The number of methoxy groups -OCH3 is 1. The molecule has 158 valence electrons. The molecule has 1 aromatic carbocycles. The highest BCUT2D eigenvalue weighted by molar-refractivity contribution is 7.16. The quantitative estimate of drug-likeness (QED) is 0.738. The Labute approximate surface area is 181 Å². The Kier molecular flexibility index (Phi) is 5.61. The number of fused-ring (bicyclic) bond motifs is 1. The summed E-state index contributed by atoms with van der Waals surface area (Å²) in [5, 5.41) is 19.7. The van der Waals surface area contributed by atoms with Crippen LogP contribution in [-0.4, -0.2) is 37.4 Å². The number of nitrogens with zero attached hydrogens (tertiary/aromatic N) is 2. The van der Waals surface area contributed by atoms with E-state index in [4.69, 9.17) is 4.74 Å². The third kappa shape index (κ3) is 3.84. The van der Waals surface area contributed by atoms with Gasteiger partial charge in [-0.2, -0.15) is 5.26 Å². The molecule has 2 heterocycles. The number of hydrogen-bond acceptors (Lipinski definition) is 5. The molecule has 1 aliphatic carbocycles. The van der Waals surface area contributed by atoms with Crippen molar-refractivity contribution in [2.45, 2.75) is 52.1 Å². The molecule has 1 N–H and O–H groups in total. The van der Waals surface area contributed by atoms with Crippen molar-refractivity contribution in [1.29, 1.82) is 5.26 Å². The average molecular weight is 425 g/mol. The third-order valence-corrected chi connectivity index (χ3v) is 7.74. The Balaban J connectivity index is 1.87. The fraction of sp³-hybridized carbons (Fsp3) is 0.500. The van der Waals surface area contributed by atoms with Gasteiger partial charge in [0.2, 0.25) is 0 Å². The van der Waals surface area contributed by atoms with E-state index >= 15 is 0 Å². The Bertz CT molecular complexity index is 1020. The van der Waals surface area contributed by atoms with Gasteiger partial charge in [-0.05, 0) is 61.3 Å². The Morgan fingerprint density at radius 3 is 2.90 bits per heavy atom. The molecular weight excluding hydrogens is 396 g/mol. The average Bonchev–Trinajstić information content (AvgIpc) is 3.10. The fourth-order valence-electron chi connectivity index (χ4n) is 4.75. The molecule has 0 spiro atoms. The zero-order valence-corrected chi connectivity index (χ0v) is 18.6. The van der Waals surface area contributed by atoms with Crippen molar-refractivity contribution in [2.24, 2.45) is 5.41 Å². The molecule has 1 atom stereocenters. The van der Waals surface area contributed by atoms with E-state index in [0.717, 1.165) is 66.9 Å². The number of nitriles is 1. The predicted octanol–water partition coefficient (Wildman–Crippen LogP) is 5.12. The van der Waals surface area contributed by atoms with Gasteiger partial charge in [0.05, 0.1) is 28.2 Å². The first kappa shape index (κ1) is 20.9. The van der Waals surface area contributed by atoms with Crippen LogP contribution in [0, 0.1) is 16.7 Å². The van der Waals surface area contributed by atoms with Crippen LogP contribution in [0.5, 0.6) is 0 Å². The van der Waals surface area contributed by atoms with Gasteiger partial charge in [0.25, 0.3) is 0 Å².